The van der Waals surface area contributed by atoms with Crippen LogP contribution in [0.1, 0.15) is 25.0 Å². The maximum Gasteiger partial charge on any atom is 0.270 e. The molecule has 0 aliphatic heterocycles. The summed E-state index contributed by atoms with van der Waals surface area (Å²) < 4.78 is 11.9. The molecule has 0 fully saturated rings. The zero-order valence-corrected chi connectivity index (χ0v) is 17.9. The molecule has 0 saturated heterocycles. The first-order valence-electron chi connectivity index (χ1n) is 9.55. The van der Waals surface area contributed by atoms with Crippen molar-refractivity contribution in [3.05, 3.63) is 63.9 Å². The molecule has 4 rings (SSSR count). The average Bonchev–Trinajstić information content (AvgIpc) is 3.29. The van der Waals surface area contributed by atoms with E-state index in [0.29, 0.717) is 27.7 Å². The van der Waals surface area contributed by atoms with Crippen LogP contribution in [0.2, 0.25) is 0 Å². The molecule has 4 aromatic rings. The summed E-state index contributed by atoms with van der Waals surface area (Å²) in [6.45, 7) is 6.17. The number of nitro groups is 1. The summed E-state index contributed by atoms with van der Waals surface area (Å²) in [5.74, 6) is 0.288. The summed E-state index contributed by atoms with van der Waals surface area (Å²) in [4.78, 5) is 27.4. The second kappa shape index (κ2) is 8.19. The zero-order valence-electron chi connectivity index (χ0n) is 17.1. The predicted molar refractivity (Wildman–Crippen MR) is 121 cm³/mol. The van der Waals surface area contributed by atoms with Crippen molar-refractivity contribution in [1.29, 1.82) is 0 Å². The topological polar surface area (TPSA) is 108 Å². The lowest BCUT2D eigenvalue weighted by atomic mass is 10.0. The minimum Gasteiger partial charge on any atom is -0.493 e. The number of thiazole rings is 1. The van der Waals surface area contributed by atoms with Crippen LogP contribution < -0.4 is 10.1 Å². The number of amides is 1. The minimum absolute atomic E-state index is 0.0156. The Balaban J connectivity index is 1.61. The first-order chi connectivity index (χ1) is 14.9. The van der Waals surface area contributed by atoms with Gasteiger partial charge < -0.3 is 9.15 Å². The number of ether oxygens (including phenoxy) is 1. The van der Waals surface area contributed by atoms with E-state index in [1.54, 1.807) is 12.3 Å². The fourth-order valence-corrected chi connectivity index (χ4v) is 4.16. The van der Waals surface area contributed by atoms with Crippen molar-refractivity contribution in [1.82, 2.24) is 4.98 Å². The Morgan fingerprint density at radius 1 is 1.35 bits per heavy atom. The standard InChI is InChI=1S/C22H19N3O5S/c1-4-29-18-10-19-16(13(3)11-30-19)9-15(18)12(2)7-21(26)24-22-23-17-6-5-14(25(27)28)8-20(17)31-22/h5-11H,4H2,1-3H3,(H,23,24,26)/b12-7+. The van der Waals surface area contributed by atoms with Gasteiger partial charge in [0.25, 0.3) is 5.69 Å². The molecule has 9 heteroatoms. The second-order valence-corrected chi connectivity index (χ2v) is 7.97. The number of carbonyl (C=O) groups is 1. The minimum atomic E-state index is -0.460. The molecule has 1 N–H and O–H groups in total. The molecule has 8 nitrogen and oxygen atoms in total. The van der Waals surface area contributed by atoms with E-state index >= 15 is 0 Å². The molecule has 0 radical (unpaired) electrons. The number of non-ortho nitro benzene ring substituents is 1. The predicted octanol–water partition coefficient (Wildman–Crippen LogP) is 5.70. The molecule has 2 heterocycles. The molecule has 158 valence electrons. The van der Waals surface area contributed by atoms with E-state index in [-0.39, 0.29) is 11.6 Å². The molecule has 0 bridgehead atoms. The van der Waals surface area contributed by atoms with E-state index in [1.807, 2.05) is 32.9 Å². The first kappa shape index (κ1) is 20.5. The highest BCUT2D eigenvalue weighted by molar-refractivity contribution is 7.22. The van der Waals surface area contributed by atoms with Gasteiger partial charge in [0.15, 0.2) is 5.13 Å². The van der Waals surface area contributed by atoms with Crippen molar-refractivity contribution in [2.75, 3.05) is 11.9 Å². The Morgan fingerprint density at radius 2 is 2.16 bits per heavy atom. The fourth-order valence-electron chi connectivity index (χ4n) is 3.26. The third kappa shape index (κ3) is 4.13. The lowest BCUT2D eigenvalue weighted by molar-refractivity contribution is -0.384. The number of nitrogens with one attached hydrogen (secondary N) is 1. The molecule has 1 amide bonds. The molecule has 31 heavy (non-hydrogen) atoms. The van der Waals surface area contributed by atoms with E-state index in [9.17, 15) is 14.9 Å². The molecule has 0 aliphatic rings. The van der Waals surface area contributed by atoms with Crippen molar-refractivity contribution >= 4 is 54.8 Å². The van der Waals surface area contributed by atoms with Crippen molar-refractivity contribution in [3.8, 4) is 5.75 Å². The summed E-state index contributed by atoms with van der Waals surface area (Å²) in [6.07, 6.45) is 3.17. The van der Waals surface area contributed by atoms with Gasteiger partial charge in [-0.3, -0.25) is 20.2 Å². The van der Waals surface area contributed by atoms with E-state index in [1.165, 1.54) is 29.5 Å². The number of furan rings is 1. The maximum atomic E-state index is 12.6. The highest BCUT2D eigenvalue weighted by Gasteiger charge is 2.14. The number of hydrogen-bond donors (Lipinski definition) is 1. The van der Waals surface area contributed by atoms with Gasteiger partial charge >= 0.3 is 0 Å². The number of nitro benzene ring substituents is 1. The quantitative estimate of drug-likeness (QED) is 0.235. The van der Waals surface area contributed by atoms with Crippen LogP contribution in [0.15, 0.2) is 47.1 Å². The number of aryl methyl sites for hydroxylation is 1. The van der Waals surface area contributed by atoms with Gasteiger partial charge in [-0.15, -0.1) is 0 Å². The smallest absolute Gasteiger partial charge is 0.270 e. The van der Waals surface area contributed by atoms with Gasteiger partial charge in [0, 0.05) is 35.2 Å². The number of allylic oxidation sites excluding steroid dienone is 1. The Hall–Kier alpha value is -3.72. The molecular weight excluding hydrogens is 418 g/mol. The van der Waals surface area contributed by atoms with Gasteiger partial charge in [0.05, 0.1) is 28.0 Å². The van der Waals surface area contributed by atoms with E-state index in [0.717, 1.165) is 27.7 Å². The molecule has 2 aromatic carbocycles. The number of benzene rings is 2. The highest BCUT2D eigenvalue weighted by atomic mass is 32.1. The van der Waals surface area contributed by atoms with E-state index in [2.05, 4.69) is 10.3 Å². The normalized spacial score (nSPS) is 11.8. The molecule has 0 aliphatic carbocycles. The third-order valence-corrected chi connectivity index (χ3v) is 5.69. The van der Waals surface area contributed by atoms with E-state index < -0.39 is 4.92 Å². The maximum absolute atomic E-state index is 12.6. The monoisotopic (exact) mass is 437 g/mol. The average molecular weight is 437 g/mol. The van der Waals surface area contributed by atoms with E-state index in [4.69, 9.17) is 9.15 Å². The van der Waals surface area contributed by atoms with Crippen molar-refractivity contribution < 1.29 is 18.9 Å². The van der Waals surface area contributed by atoms with Gasteiger partial charge in [-0.2, -0.15) is 0 Å². The third-order valence-electron chi connectivity index (χ3n) is 4.75. The number of nitrogens with zero attached hydrogens (tertiary/aromatic N) is 2. The van der Waals surface area contributed by atoms with Gasteiger partial charge in [-0.05, 0) is 44.0 Å². The van der Waals surface area contributed by atoms with Crippen LogP contribution in [0, 0.1) is 17.0 Å². The van der Waals surface area contributed by atoms with Crippen LogP contribution >= 0.6 is 11.3 Å². The fraction of sp³-hybridized carbons (Fsp3) is 0.182. The second-order valence-electron chi connectivity index (χ2n) is 6.94. The number of rotatable bonds is 6. The first-order valence-corrected chi connectivity index (χ1v) is 10.4. The molecule has 0 saturated carbocycles. The van der Waals surface area contributed by atoms with Crippen LogP contribution in [-0.2, 0) is 4.79 Å². The van der Waals surface area contributed by atoms with Crippen molar-refractivity contribution in [2.24, 2.45) is 0 Å². The summed E-state index contributed by atoms with van der Waals surface area (Å²) in [5.41, 5.74) is 3.82. The number of hydrogen-bond acceptors (Lipinski definition) is 7. The SMILES string of the molecule is CCOc1cc2occ(C)c2cc1/C(C)=C/C(=O)Nc1nc2ccc([N+](=O)[O-])cc2s1. The Bertz CT molecular complexity index is 1350. The Labute approximate surface area is 181 Å². The summed E-state index contributed by atoms with van der Waals surface area (Å²) in [7, 11) is 0. The summed E-state index contributed by atoms with van der Waals surface area (Å²) in [5, 5.41) is 15.0. The summed E-state index contributed by atoms with van der Waals surface area (Å²) in [6, 6.07) is 8.19. The molecule has 0 unspecified atom stereocenters. The van der Waals surface area contributed by atoms with Crippen molar-refractivity contribution in [2.45, 2.75) is 20.8 Å². The largest absolute Gasteiger partial charge is 0.493 e. The number of carbonyl (C=O) groups excluding carboxylic acids is 1. The van der Waals surface area contributed by atoms with Crippen molar-refractivity contribution in [3.63, 3.8) is 0 Å². The van der Waals surface area contributed by atoms with Gasteiger partial charge in [0.1, 0.15) is 11.3 Å². The zero-order chi connectivity index (χ0) is 22.1. The van der Waals surface area contributed by atoms with Crippen LogP contribution in [-0.4, -0.2) is 22.4 Å². The van der Waals surface area contributed by atoms with Gasteiger partial charge in [-0.1, -0.05) is 11.3 Å². The Kier molecular flexibility index (Phi) is 5.43. The van der Waals surface area contributed by atoms with Gasteiger partial charge in [-0.25, -0.2) is 4.98 Å². The molecular formula is C22H19N3O5S. The van der Waals surface area contributed by atoms with Crippen LogP contribution in [0.5, 0.6) is 5.75 Å². The van der Waals surface area contributed by atoms with Crippen LogP contribution in [0.4, 0.5) is 10.8 Å². The number of fused-ring (bicyclic) bond motifs is 2. The van der Waals surface area contributed by atoms with Gasteiger partial charge in [0.2, 0.25) is 5.91 Å². The Morgan fingerprint density at radius 3 is 2.90 bits per heavy atom. The number of aromatic nitrogens is 1. The summed E-state index contributed by atoms with van der Waals surface area (Å²) >= 11 is 1.18. The molecule has 0 atom stereocenters. The lowest BCUT2D eigenvalue weighted by Crippen LogP contribution is -2.08. The lowest BCUT2D eigenvalue weighted by Gasteiger charge is -2.11. The number of anilines is 1. The van der Waals surface area contributed by atoms with Crippen LogP contribution in [0.25, 0.3) is 26.8 Å². The molecule has 2 aromatic heterocycles. The highest BCUT2D eigenvalue weighted by Crippen LogP contribution is 2.34. The molecule has 0 spiro atoms. The van der Waals surface area contributed by atoms with Crippen LogP contribution in [0.3, 0.4) is 0 Å².